The quantitative estimate of drug-likeness (QED) is 0.525. The maximum Gasteiger partial charge on any atom is 0.387 e. The van der Waals surface area contributed by atoms with Crippen LogP contribution in [0.5, 0.6) is 5.75 Å². The second-order valence-electron chi connectivity index (χ2n) is 6.22. The van der Waals surface area contributed by atoms with E-state index >= 15 is 0 Å². The Bertz CT molecular complexity index is 896. The predicted octanol–water partition coefficient (Wildman–Crippen LogP) is 5.23. The van der Waals surface area contributed by atoms with Crippen LogP contribution in [0.15, 0.2) is 48.5 Å². The van der Waals surface area contributed by atoms with Crippen molar-refractivity contribution in [3.8, 4) is 5.75 Å². The smallest absolute Gasteiger partial charge is 0.387 e. The number of rotatable bonds is 7. The Hall–Kier alpha value is -2.61. The Labute approximate surface area is 154 Å². The summed E-state index contributed by atoms with van der Waals surface area (Å²) < 4.78 is 56.9. The zero-order valence-corrected chi connectivity index (χ0v) is 14.8. The Morgan fingerprint density at radius 3 is 2.33 bits per heavy atom. The van der Waals surface area contributed by atoms with Crippen molar-refractivity contribution < 1.29 is 22.3 Å². The van der Waals surface area contributed by atoms with Gasteiger partial charge in [0.2, 0.25) is 0 Å². The third-order valence-electron chi connectivity index (χ3n) is 4.43. The minimum Gasteiger partial charge on any atom is -0.435 e. The lowest BCUT2D eigenvalue weighted by atomic mass is 10.2. The lowest BCUT2D eigenvalue weighted by Crippen LogP contribution is -2.25. The van der Waals surface area contributed by atoms with E-state index in [0.717, 1.165) is 10.1 Å². The molecule has 3 rings (SSSR count). The Balaban J connectivity index is 1.80. The SMILES string of the molecule is CC(c1nc2ccccc2n1C(F)F)N(C)Cc1ccc(OC(F)F)cc1. The second kappa shape index (κ2) is 7.96. The zero-order chi connectivity index (χ0) is 19.6. The number of para-hydroxylation sites is 2. The van der Waals surface area contributed by atoms with Gasteiger partial charge in [-0.25, -0.2) is 4.98 Å². The van der Waals surface area contributed by atoms with Crippen LogP contribution in [0.1, 0.15) is 30.9 Å². The van der Waals surface area contributed by atoms with E-state index in [1.165, 1.54) is 12.1 Å². The number of hydrogen-bond donors (Lipinski definition) is 0. The van der Waals surface area contributed by atoms with Gasteiger partial charge in [0.05, 0.1) is 17.1 Å². The van der Waals surface area contributed by atoms with E-state index in [1.807, 2.05) is 4.90 Å². The molecule has 0 aliphatic rings. The van der Waals surface area contributed by atoms with Gasteiger partial charge >= 0.3 is 13.2 Å². The molecule has 0 amide bonds. The van der Waals surface area contributed by atoms with Gasteiger partial charge in [-0.3, -0.25) is 9.47 Å². The topological polar surface area (TPSA) is 30.3 Å². The van der Waals surface area contributed by atoms with Crippen molar-refractivity contribution in [2.24, 2.45) is 0 Å². The highest BCUT2D eigenvalue weighted by Gasteiger charge is 2.24. The molecule has 0 saturated carbocycles. The van der Waals surface area contributed by atoms with E-state index in [-0.39, 0.29) is 17.6 Å². The molecule has 2 aromatic carbocycles. The predicted molar refractivity (Wildman–Crippen MR) is 93.9 cm³/mol. The molecule has 1 unspecified atom stereocenters. The highest BCUT2D eigenvalue weighted by atomic mass is 19.3. The van der Waals surface area contributed by atoms with Crippen LogP contribution in [0.25, 0.3) is 11.0 Å². The van der Waals surface area contributed by atoms with Crippen LogP contribution in [0.3, 0.4) is 0 Å². The fraction of sp³-hybridized carbons (Fsp3) is 0.316. The van der Waals surface area contributed by atoms with Crippen LogP contribution in [0, 0.1) is 0 Å². The van der Waals surface area contributed by atoms with Crippen LogP contribution < -0.4 is 4.74 Å². The minimum absolute atomic E-state index is 0.0731. The molecule has 0 bridgehead atoms. The van der Waals surface area contributed by atoms with Gasteiger partial charge in [0.25, 0.3) is 0 Å². The van der Waals surface area contributed by atoms with Crippen LogP contribution in [-0.2, 0) is 6.54 Å². The van der Waals surface area contributed by atoms with Gasteiger partial charge in [-0.1, -0.05) is 24.3 Å². The van der Waals surface area contributed by atoms with Crippen molar-refractivity contribution in [3.63, 3.8) is 0 Å². The molecular formula is C19H19F4N3O. The van der Waals surface area contributed by atoms with Gasteiger partial charge in [-0.2, -0.15) is 17.6 Å². The summed E-state index contributed by atoms with van der Waals surface area (Å²) in [5.74, 6) is 0.343. The number of aromatic nitrogens is 2. The Morgan fingerprint density at radius 1 is 1.04 bits per heavy atom. The van der Waals surface area contributed by atoms with Gasteiger partial charge < -0.3 is 4.74 Å². The van der Waals surface area contributed by atoms with E-state index in [1.54, 1.807) is 50.4 Å². The molecule has 0 spiro atoms. The Morgan fingerprint density at radius 2 is 1.70 bits per heavy atom. The molecule has 0 radical (unpaired) electrons. The van der Waals surface area contributed by atoms with Gasteiger partial charge in [0, 0.05) is 6.54 Å². The summed E-state index contributed by atoms with van der Waals surface area (Å²) in [5, 5.41) is 0. The van der Waals surface area contributed by atoms with Crippen molar-refractivity contribution in [2.45, 2.75) is 32.7 Å². The monoisotopic (exact) mass is 381 g/mol. The van der Waals surface area contributed by atoms with E-state index in [0.29, 0.717) is 17.6 Å². The van der Waals surface area contributed by atoms with Crippen LogP contribution in [-0.4, -0.2) is 28.1 Å². The van der Waals surface area contributed by atoms with Gasteiger partial charge in [0.15, 0.2) is 0 Å². The van der Waals surface area contributed by atoms with E-state index < -0.39 is 13.2 Å². The highest BCUT2D eigenvalue weighted by molar-refractivity contribution is 5.76. The lowest BCUT2D eigenvalue weighted by molar-refractivity contribution is -0.0498. The summed E-state index contributed by atoms with van der Waals surface area (Å²) in [4.78, 5) is 6.25. The van der Waals surface area contributed by atoms with Crippen LogP contribution >= 0.6 is 0 Å². The summed E-state index contributed by atoms with van der Waals surface area (Å²) in [7, 11) is 1.80. The molecule has 27 heavy (non-hydrogen) atoms. The molecule has 1 aromatic heterocycles. The third kappa shape index (κ3) is 4.21. The maximum absolute atomic E-state index is 13.6. The molecule has 0 fully saturated rings. The molecule has 0 aliphatic heterocycles. The number of halogens is 4. The number of imidazole rings is 1. The van der Waals surface area contributed by atoms with Crippen LogP contribution in [0.4, 0.5) is 17.6 Å². The highest BCUT2D eigenvalue weighted by Crippen LogP contribution is 2.29. The molecule has 1 heterocycles. The van der Waals surface area contributed by atoms with Crippen LogP contribution in [0.2, 0.25) is 0 Å². The average molecular weight is 381 g/mol. The number of fused-ring (bicyclic) bond motifs is 1. The van der Waals surface area contributed by atoms with Gasteiger partial charge in [-0.15, -0.1) is 0 Å². The normalized spacial score (nSPS) is 13.1. The summed E-state index contributed by atoms with van der Waals surface area (Å²) >= 11 is 0. The molecule has 144 valence electrons. The third-order valence-corrected chi connectivity index (χ3v) is 4.43. The maximum atomic E-state index is 13.6. The van der Waals surface area contributed by atoms with Crippen molar-refractivity contribution >= 4 is 11.0 Å². The standard InChI is InChI=1S/C19H19F4N3O/c1-12(17-24-15-5-3-4-6-16(15)26(17)18(20)21)25(2)11-13-7-9-14(10-8-13)27-19(22)23/h3-10,12,18-19H,11H2,1-2H3. The number of nitrogens with zero attached hydrogens (tertiary/aromatic N) is 3. The molecule has 8 heteroatoms. The first-order valence-corrected chi connectivity index (χ1v) is 8.36. The van der Waals surface area contributed by atoms with Gasteiger partial charge in [-0.05, 0) is 43.8 Å². The fourth-order valence-corrected chi connectivity index (χ4v) is 2.96. The van der Waals surface area contributed by atoms with Crippen molar-refractivity contribution in [1.29, 1.82) is 0 Å². The molecule has 3 aromatic rings. The fourth-order valence-electron chi connectivity index (χ4n) is 2.96. The molecule has 4 nitrogen and oxygen atoms in total. The van der Waals surface area contributed by atoms with E-state index in [2.05, 4.69) is 9.72 Å². The number of benzene rings is 2. The number of alkyl halides is 4. The summed E-state index contributed by atoms with van der Waals surface area (Å²) in [6.07, 6.45) is 0. The summed E-state index contributed by atoms with van der Waals surface area (Å²) in [5.41, 5.74) is 1.74. The van der Waals surface area contributed by atoms with E-state index in [9.17, 15) is 17.6 Å². The van der Waals surface area contributed by atoms with Crippen molar-refractivity contribution in [3.05, 3.63) is 59.9 Å². The molecule has 0 saturated heterocycles. The minimum atomic E-state index is -2.87. The zero-order valence-electron chi connectivity index (χ0n) is 14.8. The number of hydrogen-bond acceptors (Lipinski definition) is 3. The Kier molecular flexibility index (Phi) is 5.65. The first kappa shape index (κ1) is 19.2. The molecule has 1 atom stereocenters. The van der Waals surface area contributed by atoms with E-state index in [4.69, 9.17) is 0 Å². The molecule has 0 aliphatic carbocycles. The largest absolute Gasteiger partial charge is 0.435 e. The second-order valence-corrected chi connectivity index (χ2v) is 6.22. The average Bonchev–Trinajstić information content (AvgIpc) is 3.02. The van der Waals surface area contributed by atoms with Gasteiger partial charge in [0.1, 0.15) is 11.6 Å². The summed E-state index contributed by atoms with van der Waals surface area (Å²) in [6, 6.07) is 12.6. The molecular weight excluding hydrogens is 362 g/mol. The van der Waals surface area contributed by atoms with Crippen molar-refractivity contribution in [2.75, 3.05) is 7.05 Å². The summed E-state index contributed by atoms with van der Waals surface area (Å²) in [6.45, 7) is -3.34. The molecule has 0 N–H and O–H groups in total. The van der Waals surface area contributed by atoms with Crippen molar-refractivity contribution in [1.82, 2.24) is 14.5 Å². The number of ether oxygens (including phenoxy) is 1. The first-order chi connectivity index (χ1) is 12.9. The first-order valence-electron chi connectivity index (χ1n) is 8.36. The lowest BCUT2D eigenvalue weighted by Gasteiger charge is -2.25.